The number of nitrogens with zero attached hydrogens (tertiary/aromatic N) is 5. The Hall–Kier alpha value is -3.62. The summed E-state index contributed by atoms with van der Waals surface area (Å²) >= 11 is 0. The molecule has 1 aliphatic carbocycles. The molecule has 2 unspecified atom stereocenters. The van der Waals surface area contributed by atoms with E-state index in [1.807, 2.05) is 47.9 Å². The van der Waals surface area contributed by atoms with Gasteiger partial charge in [-0.15, -0.1) is 0 Å². The summed E-state index contributed by atoms with van der Waals surface area (Å²) in [5, 5.41) is 11.2. The number of allylic oxidation sites excluding steroid dienone is 2. The van der Waals surface area contributed by atoms with Crippen LogP contribution in [0.3, 0.4) is 0 Å². The Morgan fingerprint density at radius 3 is 2.79 bits per heavy atom. The molecule has 0 spiro atoms. The minimum atomic E-state index is 0.0177. The molecule has 3 aromatic rings. The van der Waals surface area contributed by atoms with E-state index in [-0.39, 0.29) is 12.1 Å². The standard InChI is InChI=1S/C25H30BN7O/c1-17-5-2-3-7-21(17)31-25(34)32-11-8-19(9-12-32)22-13-23(28-15-18-6-4-10-27-14-18)33-24(30-22)20(26)16-29-33/h2-7,10,13-14,16-17,19,21,28H,8-9,11-12,15,26H2,1H3,(H,31,34). The number of pyridine rings is 1. The van der Waals surface area contributed by atoms with Gasteiger partial charge in [0.2, 0.25) is 0 Å². The molecule has 0 radical (unpaired) electrons. The lowest BCUT2D eigenvalue weighted by Gasteiger charge is -2.33. The minimum absolute atomic E-state index is 0.0177. The largest absolute Gasteiger partial charge is 0.366 e. The Kier molecular flexibility index (Phi) is 6.34. The van der Waals surface area contributed by atoms with Crippen LogP contribution in [0.5, 0.6) is 0 Å². The number of fused-ring (bicyclic) bond motifs is 1. The highest BCUT2D eigenvalue weighted by Gasteiger charge is 2.27. The maximum Gasteiger partial charge on any atom is 0.317 e. The molecule has 0 saturated carbocycles. The molecule has 8 nitrogen and oxygen atoms in total. The number of nitrogens with one attached hydrogen (secondary N) is 2. The number of carbonyl (C=O) groups is 1. The second kappa shape index (κ2) is 9.71. The minimum Gasteiger partial charge on any atom is -0.366 e. The highest BCUT2D eigenvalue weighted by Crippen LogP contribution is 2.29. The van der Waals surface area contributed by atoms with Gasteiger partial charge in [0, 0.05) is 55.9 Å². The third kappa shape index (κ3) is 4.69. The third-order valence-corrected chi connectivity index (χ3v) is 6.77. The molecule has 2 atom stereocenters. The summed E-state index contributed by atoms with van der Waals surface area (Å²) in [6.45, 7) is 4.23. The number of amides is 2. The topological polar surface area (TPSA) is 87.5 Å². The second-order valence-electron chi connectivity index (χ2n) is 9.21. The van der Waals surface area contributed by atoms with E-state index in [2.05, 4.69) is 51.9 Å². The zero-order valence-electron chi connectivity index (χ0n) is 19.7. The van der Waals surface area contributed by atoms with Crippen molar-refractivity contribution in [2.45, 2.75) is 38.3 Å². The van der Waals surface area contributed by atoms with Crippen molar-refractivity contribution in [2.24, 2.45) is 5.92 Å². The van der Waals surface area contributed by atoms with Crippen molar-refractivity contribution >= 4 is 30.8 Å². The first-order chi connectivity index (χ1) is 16.6. The summed E-state index contributed by atoms with van der Waals surface area (Å²) in [5.74, 6) is 1.53. The molecule has 2 N–H and O–H groups in total. The van der Waals surface area contributed by atoms with Crippen LogP contribution in [0.1, 0.15) is 36.9 Å². The van der Waals surface area contributed by atoms with E-state index in [0.29, 0.717) is 18.4 Å². The van der Waals surface area contributed by atoms with Gasteiger partial charge >= 0.3 is 6.03 Å². The fourth-order valence-corrected chi connectivity index (χ4v) is 4.63. The van der Waals surface area contributed by atoms with Crippen LogP contribution in [0.15, 0.2) is 61.1 Å². The fourth-order valence-electron chi connectivity index (χ4n) is 4.63. The Morgan fingerprint density at radius 1 is 1.21 bits per heavy atom. The average Bonchev–Trinajstić information content (AvgIpc) is 3.25. The first-order valence-corrected chi connectivity index (χ1v) is 12.0. The summed E-state index contributed by atoms with van der Waals surface area (Å²) in [6.07, 6.45) is 15.5. The van der Waals surface area contributed by atoms with E-state index in [4.69, 9.17) is 4.98 Å². The molecule has 1 fully saturated rings. The normalized spacial score (nSPS) is 20.6. The molecule has 1 saturated heterocycles. The van der Waals surface area contributed by atoms with E-state index in [9.17, 15) is 4.79 Å². The van der Waals surface area contributed by atoms with Gasteiger partial charge in [0.1, 0.15) is 13.7 Å². The van der Waals surface area contributed by atoms with Crippen LogP contribution in [-0.4, -0.2) is 57.5 Å². The van der Waals surface area contributed by atoms with Gasteiger partial charge in [-0.1, -0.05) is 37.3 Å². The number of piperidine rings is 1. The molecule has 5 rings (SSSR count). The number of aromatic nitrogens is 4. The molecule has 174 valence electrons. The first-order valence-electron chi connectivity index (χ1n) is 12.0. The van der Waals surface area contributed by atoms with E-state index in [1.54, 1.807) is 6.20 Å². The van der Waals surface area contributed by atoms with Crippen molar-refractivity contribution in [3.8, 4) is 0 Å². The zero-order chi connectivity index (χ0) is 23.5. The van der Waals surface area contributed by atoms with Crippen LogP contribution < -0.4 is 16.1 Å². The monoisotopic (exact) mass is 455 g/mol. The van der Waals surface area contributed by atoms with Gasteiger partial charge in [0.05, 0.1) is 6.04 Å². The summed E-state index contributed by atoms with van der Waals surface area (Å²) < 4.78 is 1.87. The zero-order valence-corrected chi connectivity index (χ0v) is 19.7. The van der Waals surface area contributed by atoms with Gasteiger partial charge in [0.15, 0.2) is 5.65 Å². The number of rotatable bonds is 5. The molecule has 1 aliphatic heterocycles. The lowest BCUT2D eigenvalue weighted by atomic mass is 9.92. The van der Waals surface area contributed by atoms with Crippen molar-refractivity contribution < 1.29 is 4.79 Å². The Balaban J connectivity index is 1.27. The summed E-state index contributed by atoms with van der Waals surface area (Å²) in [4.78, 5) is 23.9. The van der Waals surface area contributed by atoms with Gasteiger partial charge in [-0.05, 0) is 35.9 Å². The average molecular weight is 455 g/mol. The maximum absolute atomic E-state index is 12.8. The SMILES string of the molecule is Bc1cnn2c(NCc3cccnc3)cc(C3CCN(C(=O)NC4C=CC=CC4C)CC3)nc12. The first kappa shape index (κ1) is 22.2. The van der Waals surface area contributed by atoms with E-state index in [1.165, 1.54) is 0 Å². The van der Waals surface area contributed by atoms with Crippen LogP contribution in [0, 0.1) is 5.92 Å². The van der Waals surface area contributed by atoms with Crippen molar-refractivity contribution in [3.63, 3.8) is 0 Å². The van der Waals surface area contributed by atoms with Gasteiger partial charge in [-0.3, -0.25) is 4.98 Å². The van der Waals surface area contributed by atoms with Crippen LogP contribution >= 0.6 is 0 Å². The Morgan fingerprint density at radius 2 is 2.03 bits per heavy atom. The van der Waals surface area contributed by atoms with Crippen molar-refractivity contribution in [1.29, 1.82) is 0 Å². The summed E-state index contributed by atoms with van der Waals surface area (Å²) in [7, 11) is 2.03. The molecule has 0 bridgehead atoms. The smallest absolute Gasteiger partial charge is 0.317 e. The van der Waals surface area contributed by atoms with Crippen LogP contribution in [0.25, 0.3) is 5.65 Å². The van der Waals surface area contributed by atoms with E-state index >= 15 is 0 Å². The second-order valence-corrected chi connectivity index (χ2v) is 9.21. The summed E-state index contributed by atoms with van der Waals surface area (Å²) in [6, 6.07) is 6.17. The fraction of sp³-hybridized carbons (Fsp3) is 0.360. The van der Waals surface area contributed by atoms with Gasteiger partial charge in [-0.25, -0.2) is 9.78 Å². The molecule has 3 aromatic heterocycles. The number of carbonyl (C=O) groups excluding carboxylic acids is 1. The number of anilines is 1. The van der Waals surface area contributed by atoms with Crippen LogP contribution in [0.4, 0.5) is 10.6 Å². The molecule has 2 amide bonds. The maximum atomic E-state index is 12.8. The molecule has 34 heavy (non-hydrogen) atoms. The van der Waals surface area contributed by atoms with Crippen molar-refractivity contribution in [3.05, 3.63) is 72.4 Å². The Bertz CT molecular complexity index is 1210. The van der Waals surface area contributed by atoms with Crippen LogP contribution in [0.2, 0.25) is 0 Å². The Labute approximate surface area is 200 Å². The number of hydrogen-bond acceptors (Lipinski definition) is 5. The lowest BCUT2D eigenvalue weighted by Crippen LogP contribution is -2.48. The number of hydrogen-bond donors (Lipinski definition) is 2. The highest BCUT2D eigenvalue weighted by molar-refractivity contribution is 6.36. The van der Waals surface area contributed by atoms with Crippen molar-refractivity contribution in [1.82, 2.24) is 29.8 Å². The summed E-state index contributed by atoms with van der Waals surface area (Å²) in [5.41, 5.74) is 4.08. The van der Waals surface area contributed by atoms with E-state index < -0.39 is 0 Å². The highest BCUT2D eigenvalue weighted by atomic mass is 16.2. The molecular formula is C25H30BN7O. The molecule has 4 heterocycles. The van der Waals surface area contributed by atoms with Gasteiger partial charge < -0.3 is 15.5 Å². The van der Waals surface area contributed by atoms with Crippen molar-refractivity contribution in [2.75, 3.05) is 18.4 Å². The molecule has 2 aliphatic rings. The van der Waals surface area contributed by atoms with Gasteiger partial charge in [0.25, 0.3) is 0 Å². The lowest BCUT2D eigenvalue weighted by molar-refractivity contribution is 0.177. The molecule has 9 heteroatoms. The number of likely N-dealkylation sites (tertiary alicyclic amines) is 1. The predicted octanol–water partition coefficient (Wildman–Crippen LogP) is 2.01. The molecule has 0 aromatic carbocycles. The van der Waals surface area contributed by atoms with Crippen LogP contribution in [-0.2, 0) is 6.54 Å². The molecular weight excluding hydrogens is 425 g/mol. The van der Waals surface area contributed by atoms with E-state index in [0.717, 1.165) is 54.1 Å². The predicted molar refractivity (Wildman–Crippen MR) is 136 cm³/mol. The third-order valence-electron chi connectivity index (χ3n) is 6.77. The number of urea groups is 1. The van der Waals surface area contributed by atoms with Gasteiger partial charge in [-0.2, -0.15) is 9.61 Å². The quantitative estimate of drug-likeness (QED) is 0.575.